The summed E-state index contributed by atoms with van der Waals surface area (Å²) in [7, 11) is 0. The number of aromatic nitrogens is 1. The number of thioether (sulfide) groups is 1. The van der Waals surface area contributed by atoms with Gasteiger partial charge in [0.25, 0.3) is 0 Å². The van der Waals surface area contributed by atoms with Crippen molar-refractivity contribution in [1.82, 2.24) is 10.3 Å². The van der Waals surface area contributed by atoms with E-state index in [0.717, 1.165) is 16.5 Å². The molecule has 14 heavy (non-hydrogen) atoms. The second-order valence-corrected chi connectivity index (χ2v) is 4.57. The summed E-state index contributed by atoms with van der Waals surface area (Å²) in [6.07, 6.45) is 4.31. The molecule has 2 heterocycles. The zero-order chi connectivity index (χ0) is 9.80. The average Bonchev–Trinajstić information content (AvgIpc) is 2.70. The van der Waals surface area contributed by atoms with Crippen molar-refractivity contribution in [1.29, 1.82) is 0 Å². The normalized spacial score (nSPS) is 21.3. The Kier molecular flexibility index (Phi) is 3.26. The van der Waals surface area contributed by atoms with Gasteiger partial charge in [0.1, 0.15) is 0 Å². The van der Waals surface area contributed by atoms with Crippen molar-refractivity contribution in [2.45, 2.75) is 23.9 Å². The average molecular weight is 209 g/mol. The van der Waals surface area contributed by atoms with E-state index in [0.29, 0.717) is 6.04 Å². The molecule has 1 aromatic heterocycles. The van der Waals surface area contributed by atoms with Gasteiger partial charge in [-0.05, 0) is 31.5 Å². The smallest absolute Gasteiger partial charge is 0.0962 e. The number of nitrogens with one attached hydrogen (secondary N) is 1. The minimum Gasteiger partial charge on any atom is -0.397 e. The van der Waals surface area contributed by atoms with Gasteiger partial charge in [0, 0.05) is 11.8 Å². The lowest BCUT2D eigenvalue weighted by atomic mass is 10.3. The molecule has 0 radical (unpaired) electrons. The largest absolute Gasteiger partial charge is 0.397 e. The SMILES string of the molecule is Nc1ccc(SC[C@H]2CCCN2)nc1. The van der Waals surface area contributed by atoms with Gasteiger partial charge in [0.15, 0.2) is 0 Å². The molecule has 0 amide bonds. The molecule has 0 bridgehead atoms. The van der Waals surface area contributed by atoms with E-state index in [2.05, 4.69) is 10.3 Å². The predicted molar refractivity (Wildman–Crippen MR) is 60.4 cm³/mol. The van der Waals surface area contributed by atoms with Crippen LogP contribution in [0.2, 0.25) is 0 Å². The van der Waals surface area contributed by atoms with Gasteiger partial charge < -0.3 is 11.1 Å². The minimum atomic E-state index is 0.666. The molecule has 1 aliphatic rings. The van der Waals surface area contributed by atoms with Crippen LogP contribution < -0.4 is 11.1 Å². The van der Waals surface area contributed by atoms with Gasteiger partial charge in [0.2, 0.25) is 0 Å². The monoisotopic (exact) mass is 209 g/mol. The summed E-state index contributed by atoms with van der Waals surface area (Å²) < 4.78 is 0. The summed E-state index contributed by atoms with van der Waals surface area (Å²) in [5, 5.41) is 4.53. The van der Waals surface area contributed by atoms with Crippen LogP contribution >= 0.6 is 11.8 Å². The Labute approximate surface area is 88.5 Å². The molecule has 76 valence electrons. The van der Waals surface area contributed by atoms with E-state index in [4.69, 9.17) is 5.73 Å². The third kappa shape index (κ3) is 2.62. The van der Waals surface area contributed by atoms with E-state index in [1.165, 1.54) is 19.4 Å². The minimum absolute atomic E-state index is 0.666. The van der Waals surface area contributed by atoms with E-state index in [1.54, 1.807) is 18.0 Å². The fraction of sp³-hybridized carbons (Fsp3) is 0.500. The highest BCUT2D eigenvalue weighted by atomic mass is 32.2. The topological polar surface area (TPSA) is 50.9 Å². The van der Waals surface area contributed by atoms with Crippen LogP contribution in [0.5, 0.6) is 0 Å². The highest BCUT2D eigenvalue weighted by Gasteiger charge is 2.13. The Balaban J connectivity index is 1.82. The third-order valence-corrected chi connectivity index (χ3v) is 3.46. The lowest BCUT2D eigenvalue weighted by Gasteiger charge is -2.08. The Bertz CT molecular complexity index is 280. The number of nitrogens with zero attached hydrogens (tertiary/aromatic N) is 1. The first-order valence-corrected chi connectivity index (χ1v) is 5.91. The van der Waals surface area contributed by atoms with Crippen molar-refractivity contribution in [3.63, 3.8) is 0 Å². The van der Waals surface area contributed by atoms with Crippen LogP contribution in [0.15, 0.2) is 23.4 Å². The summed E-state index contributed by atoms with van der Waals surface area (Å²) in [5.41, 5.74) is 6.29. The molecule has 3 N–H and O–H groups in total. The molecular weight excluding hydrogens is 194 g/mol. The number of pyridine rings is 1. The molecule has 0 unspecified atom stereocenters. The summed E-state index contributed by atoms with van der Waals surface area (Å²) in [5.74, 6) is 1.11. The van der Waals surface area contributed by atoms with Gasteiger partial charge in [-0.25, -0.2) is 4.98 Å². The van der Waals surface area contributed by atoms with Gasteiger partial charge >= 0.3 is 0 Å². The number of hydrogen-bond acceptors (Lipinski definition) is 4. The van der Waals surface area contributed by atoms with Gasteiger partial charge in [-0.2, -0.15) is 0 Å². The molecule has 1 saturated heterocycles. The lowest BCUT2D eigenvalue weighted by molar-refractivity contribution is 0.673. The summed E-state index contributed by atoms with van der Waals surface area (Å²) in [6, 6.07) is 4.55. The lowest BCUT2D eigenvalue weighted by Crippen LogP contribution is -2.23. The first-order valence-electron chi connectivity index (χ1n) is 4.92. The standard InChI is InChI=1S/C10H15N3S/c11-8-3-4-10(13-6-8)14-7-9-2-1-5-12-9/h3-4,6,9,12H,1-2,5,7,11H2/t9-/m1/s1. The molecule has 3 nitrogen and oxygen atoms in total. The van der Waals surface area contributed by atoms with Gasteiger partial charge in [0.05, 0.1) is 16.9 Å². The fourth-order valence-electron chi connectivity index (χ4n) is 1.56. The van der Waals surface area contributed by atoms with E-state index < -0.39 is 0 Å². The maximum Gasteiger partial charge on any atom is 0.0962 e. The quantitative estimate of drug-likeness (QED) is 0.741. The first-order chi connectivity index (χ1) is 6.84. The number of hydrogen-bond donors (Lipinski definition) is 2. The van der Waals surface area contributed by atoms with Crippen molar-refractivity contribution in [2.75, 3.05) is 18.0 Å². The highest BCUT2D eigenvalue weighted by molar-refractivity contribution is 7.99. The zero-order valence-corrected chi connectivity index (χ0v) is 8.89. The molecule has 0 aromatic carbocycles. The van der Waals surface area contributed by atoms with Crippen molar-refractivity contribution in [3.05, 3.63) is 18.3 Å². The van der Waals surface area contributed by atoms with Gasteiger partial charge in [-0.1, -0.05) is 0 Å². The first kappa shape index (κ1) is 9.80. The van der Waals surface area contributed by atoms with Crippen LogP contribution in [-0.4, -0.2) is 23.3 Å². The second kappa shape index (κ2) is 4.66. The number of nitrogen functional groups attached to an aromatic ring is 1. The number of rotatable bonds is 3. The summed E-state index contributed by atoms with van der Waals surface area (Å²) in [4.78, 5) is 4.25. The van der Waals surface area contributed by atoms with Crippen molar-refractivity contribution in [2.24, 2.45) is 0 Å². The molecule has 0 spiro atoms. The summed E-state index contributed by atoms with van der Waals surface area (Å²) >= 11 is 1.80. The number of nitrogens with two attached hydrogens (primary N) is 1. The predicted octanol–water partition coefficient (Wildman–Crippen LogP) is 1.51. The van der Waals surface area contributed by atoms with E-state index in [-0.39, 0.29) is 0 Å². The van der Waals surface area contributed by atoms with Crippen molar-refractivity contribution < 1.29 is 0 Å². The van der Waals surface area contributed by atoms with Crippen molar-refractivity contribution >= 4 is 17.4 Å². The van der Waals surface area contributed by atoms with Gasteiger partial charge in [-0.15, -0.1) is 11.8 Å². The van der Waals surface area contributed by atoms with Gasteiger partial charge in [-0.3, -0.25) is 0 Å². The van der Waals surface area contributed by atoms with Crippen LogP contribution in [0, 0.1) is 0 Å². The van der Waals surface area contributed by atoms with E-state index in [9.17, 15) is 0 Å². The maximum atomic E-state index is 5.56. The third-order valence-electron chi connectivity index (χ3n) is 2.35. The molecule has 0 saturated carbocycles. The Morgan fingerprint density at radius 1 is 1.57 bits per heavy atom. The van der Waals surface area contributed by atoms with E-state index in [1.807, 2.05) is 12.1 Å². The maximum absolute atomic E-state index is 5.56. The van der Waals surface area contributed by atoms with Crippen LogP contribution in [-0.2, 0) is 0 Å². The fourth-order valence-corrected chi connectivity index (χ4v) is 2.51. The molecular formula is C10H15N3S. The number of anilines is 1. The molecule has 1 aromatic rings. The Morgan fingerprint density at radius 3 is 3.14 bits per heavy atom. The van der Waals surface area contributed by atoms with Crippen LogP contribution in [0.25, 0.3) is 0 Å². The molecule has 0 aliphatic carbocycles. The highest BCUT2D eigenvalue weighted by Crippen LogP contribution is 2.19. The zero-order valence-electron chi connectivity index (χ0n) is 8.07. The van der Waals surface area contributed by atoms with Crippen LogP contribution in [0.1, 0.15) is 12.8 Å². The Morgan fingerprint density at radius 2 is 2.50 bits per heavy atom. The summed E-state index contributed by atoms with van der Waals surface area (Å²) in [6.45, 7) is 1.17. The van der Waals surface area contributed by atoms with E-state index >= 15 is 0 Å². The molecule has 1 fully saturated rings. The molecule has 1 aliphatic heterocycles. The molecule has 4 heteroatoms. The van der Waals surface area contributed by atoms with Crippen molar-refractivity contribution in [3.8, 4) is 0 Å². The molecule has 2 rings (SSSR count). The van der Waals surface area contributed by atoms with Crippen LogP contribution in [0.4, 0.5) is 5.69 Å². The van der Waals surface area contributed by atoms with Crippen LogP contribution in [0.3, 0.4) is 0 Å². The Hall–Kier alpha value is -0.740. The second-order valence-electron chi connectivity index (χ2n) is 3.53. The molecule has 1 atom stereocenters.